The molecule has 1 fully saturated rings. The molecule has 2 unspecified atom stereocenters. The summed E-state index contributed by atoms with van der Waals surface area (Å²) in [4.78, 5) is 0. The third-order valence-corrected chi connectivity index (χ3v) is 2.89. The third kappa shape index (κ3) is 3.25. The van der Waals surface area contributed by atoms with Gasteiger partial charge in [0.25, 0.3) is 0 Å². The van der Waals surface area contributed by atoms with E-state index in [1.54, 1.807) is 0 Å². The smallest absolute Gasteiger partial charge is 0.0666 e. The number of hydrogen-bond donors (Lipinski definition) is 2. The van der Waals surface area contributed by atoms with Crippen molar-refractivity contribution in [1.82, 2.24) is 5.32 Å². The molecule has 1 aliphatic heterocycles. The first-order chi connectivity index (χ1) is 6.20. The van der Waals surface area contributed by atoms with Crippen molar-refractivity contribution in [2.24, 2.45) is 0 Å². The highest BCUT2D eigenvalue weighted by Gasteiger charge is 2.30. The maximum Gasteiger partial charge on any atom is 0.0666 e. The van der Waals surface area contributed by atoms with Crippen LogP contribution < -0.4 is 5.32 Å². The second-order valence-electron chi connectivity index (χ2n) is 4.02. The summed E-state index contributed by atoms with van der Waals surface area (Å²) in [6, 6.07) is 0.519. The van der Waals surface area contributed by atoms with Gasteiger partial charge >= 0.3 is 0 Å². The van der Waals surface area contributed by atoms with Crippen LogP contribution in [-0.2, 0) is 4.74 Å². The molecule has 1 heterocycles. The molecule has 0 aliphatic carbocycles. The number of ether oxygens (including phenoxy) is 1. The Morgan fingerprint density at radius 2 is 2.38 bits per heavy atom. The van der Waals surface area contributed by atoms with Gasteiger partial charge in [0, 0.05) is 19.2 Å². The Kier molecular flexibility index (Phi) is 4.16. The van der Waals surface area contributed by atoms with Gasteiger partial charge in [0.2, 0.25) is 0 Å². The van der Waals surface area contributed by atoms with E-state index in [1.165, 1.54) is 0 Å². The fourth-order valence-corrected chi connectivity index (χ4v) is 1.82. The summed E-state index contributed by atoms with van der Waals surface area (Å²) in [6.07, 6.45) is 3.18. The Labute approximate surface area is 80.5 Å². The lowest BCUT2D eigenvalue weighted by atomic mass is 9.90. The molecule has 0 bridgehead atoms. The lowest BCUT2D eigenvalue weighted by molar-refractivity contribution is -0.0781. The van der Waals surface area contributed by atoms with Crippen molar-refractivity contribution in [3.05, 3.63) is 0 Å². The molecule has 0 radical (unpaired) electrons. The molecule has 0 amide bonds. The maximum atomic E-state index is 8.69. The summed E-state index contributed by atoms with van der Waals surface area (Å²) in [6.45, 7) is 6.09. The van der Waals surface area contributed by atoms with Gasteiger partial charge < -0.3 is 15.2 Å². The van der Waals surface area contributed by atoms with Crippen LogP contribution in [0.1, 0.15) is 33.1 Å². The van der Waals surface area contributed by atoms with E-state index in [-0.39, 0.29) is 12.2 Å². The van der Waals surface area contributed by atoms with E-state index in [9.17, 15) is 0 Å². The van der Waals surface area contributed by atoms with Gasteiger partial charge in [0.1, 0.15) is 0 Å². The van der Waals surface area contributed by atoms with Gasteiger partial charge in [0.15, 0.2) is 0 Å². The molecule has 2 atom stereocenters. The summed E-state index contributed by atoms with van der Waals surface area (Å²) < 4.78 is 5.72. The van der Waals surface area contributed by atoms with E-state index in [0.29, 0.717) is 12.6 Å². The fourth-order valence-electron chi connectivity index (χ4n) is 1.82. The van der Waals surface area contributed by atoms with Gasteiger partial charge in [-0.3, -0.25) is 0 Å². The zero-order valence-corrected chi connectivity index (χ0v) is 8.68. The number of nitrogens with one attached hydrogen (secondary N) is 1. The van der Waals surface area contributed by atoms with Gasteiger partial charge in [-0.25, -0.2) is 0 Å². The van der Waals surface area contributed by atoms with Crippen LogP contribution in [0, 0.1) is 0 Å². The van der Waals surface area contributed by atoms with Gasteiger partial charge in [-0.2, -0.15) is 0 Å². The molecule has 3 nitrogen and oxygen atoms in total. The molecule has 3 heteroatoms. The minimum absolute atomic E-state index is 0.0470. The molecule has 78 valence electrons. The van der Waals surface area contributed by atoms with E-state index in [1.807, 2.05) is 0 Å². The third-order valence-electron chi connectivity index (χ3n) is 2.89. The van der Waals surface area contributed by atoms with Crippen molar-refractivity contribution in [3.63, 3.8) is 0 Å². The zero-order chi connectivity index (χ0) is 9.73. The molecule has 1 rings (SSSR count). The van der Waals surface area contributed by atoms with Crippen molar-refractivity contribution in [3.8, 4) is 0 Å². The zero-order valence-electron chi connectivity index (χ0n) is 8.68. The molecular formula is C10H21NO2. The lowest BCUT2D eigenvalue weighted by Crippen LogP contribution is -2.45. The van der Waals surface area contributed by atoms with Crippen LogP contribution in [0.3, 0.4) is 0 Å². The largest absolute Gasteiger partial charge is 0.395 e. The van der Waals surface area contributed by atoms with Gasteiger partial charge in [-0.15, -0.1) is 0 Å². The standard InChI is InChI=1S/C10H21NO2/c1-3-10(2)8-9(4-7-13-10)11-5-6-12/h9,11-12H,3-8H2,1-2H3. The summed E-state index contributed by atoms with van der Waals surface area (Å²) >= 11 is 0. The van der Waals surface area contributed by atoms with Crippen LogP contribution >= 0.6 is 0 Å². The molecule has 0 aromatic rings. The second-order valence-corrected chi connectivity index (χ2v) is 4.02. The Hall–Kier alpha value is -0.120. The molecule has 0 saturated carbocycles. The molecular weight excluding hydrogens is 166 g/mol. The molecule has 0 aromatic heterocycles. The van der Waals surface area contributed by atoms with E-state index in [2.05, 4.69) is 19.2 Å². The lowest BCUT2D eigenvalue weighted by Gasteiger charge is -2.38. The normalized spacial score (nSPS) is 34.8. The van der Waals surface area contributed by atoms with Crippen LogP contribution in [0.2, 0.25) is 0 Å². The Bertz CT molecular complexity index is 152. The topological polar surface area (TPSA) is 41.5 Å². The monoisotopic (exact) mass is 187 g/mol. The molecule has 13 heavy (non-hydrogen) atoms. The van der Waals surface area contributed by atoms with Crippen molar-refractivity contribution in [2.75, 3.05) is 19.8 Å². The van der Waals surface area contributed by atoms with Crippen molar-refractivity contribution in [2.45, 2.75) is 44.8 Å². The minimum Gasteiger partial charge on any atom is -0.395 e. The van der Waals surface area contributed by atoms with E-state index in [4.69, 9.17) is 9.84 Å². The van der Waals surface area contributed by atoms with Crippen molar-refractivity contribution >= 4 is 0 Å². The number of aliphatic hydroxyl groups is 1. The quantitative estimate of drug-likeness (QED) is 0.687. The van der Waals surface area contributed by atoms with Crippen LogP contribution in [0.4, 0.5) is 0 Å². The Morgan fingerprint density at radius 3 is 3.00 bits per heavy atom. The molecule has 2 N–H and O–H groups in total. The van der Waals surface area contributed by atoms with E-state index < -0.39 is 0 Å². The van der Waals surface area contributed by atoms with Crippen molar-refractivity contribution < 1.29 is 9.84 Å². The van der Waals surface area contributed by atoms with Crippen LogP contribution in [0.15, 0.2) is 0 Å². The average molecular weight is 187 g/mol. The summed E-state index contributed by atoms with van der Waals surface area (Å²) in [5.74, 6) is 0. The first-order valence-corrected chi connectivity index (χ1v) is 5.18. The first kappa shape index (κ1) is 11.0. The van der Waals surface area contributed by atoms with Gasteiger partial charge in [0.05, 0.1) is 12.2 Å². The predicted molar refractivity (Wildman–Crippen MR) is 52.8 cm³/mol. The molecule has 1 saturated heterocycles. The number of hydrogen-bond acceptors (Lipinski definition) is 3. The highest BCUT2D eigenvalue weighted by Crippen LogP contribution is 2.27. The number of rotatable bonds is 4. The van der Waals surface area contributed by atoms with Crippen LogP contribution in [-0.4, -0.2) is 36.5 Å². The molecule has 1 aliphatic rings. The van der Waals surface area contributed by atoms with Crippen molar-refractivity contribution in [1.29, 1.82) is 0 Å². The predicted octanol–water partition coefficient (Wildman–Crippen LogP) is 0.916. The average Bonchev–Trinajstić information content (AvgIpc) is 2.15. The van der Waals surface area contributed by atoms with E-state index in [0.717, 1.165) is 25.9 Å². The summed E-state index contributed by atoms with van der Waals surface area (Å²) in [7, 11) is 0. The molecule has 0 spiro atoms. The fraction of sp³-hybridized carbons (Fsp3) is 1.00. The van der Waals surface area contributed by atoms with Crippen LogP contribution in [0.25, 0.3) is 0 Å². The first-order valence-electron chi connectivity index (χ1n) is 5.18. The van der Waals surface area contributed by atoms with Gasteiger partial charge in [-0.05, 0) is 26.2 Å². The highest BCUT2D eigenvalue weighted by atomic mass is 16.5. The number of aliphatic hydroxyl groups excluding tert-OH is 1. The highest BCUT2D eigenvalue weighted by molar-refractivity contribution is 4.85. The van der Waals surface area contributed by atoms with Crippen LogP contribution in [0.5, 0.6) is 0 Å². The van der Waals surface area contributed by atoms with E-state index >= 15 is 0 Å². The minimum atomic E-state index is 0.0470. The Morgan fingerprint density at radius 1 is 1.62 bits per heavy atom. The Balaban J connectivity index is 2.33. The maximum absolute atomic E-state index is 8.69. The summed E-state index contributed by atoms with van der Waals surface area (Å²) in [5, 5.41) is 12.0. The summed E-state index contributed by atoms with van der Waals surface area (Å²) in [5.41, 5.74) is 0.0470. The van der Waals surface area contributed by atoms with Gasteiger partial charge in [-0.1, -0.05) is 6.92 Å². The molecule has 0 aromatic carbocycles. The second kappa shape index (κ2) is 4.94. The SMILES string of the molecule is CCC1(C)CC(NCCO)CCO1.